The van der Waals surface area contributed by atoms with Crippen LogP contribution in [0.4, 0.5) is 5.13 Å². The van der Waals surface area contributed by atoms with E-state index in [1.807, 2.05) is 84.6 Å². The van der Waals surface area contributed by atoms with Gasteiger partial charge in [-0.05, 0) is 61.1 Å². The molecule has 0 aliphatic rings. The number of anilines is 1. The lowest BCUT2D eigenvalue weighted by Gasteiger charge is -2.20. The summed E-state index contributed by atoms with van der Waals surface area (Å²) in [4.78, 5) is 21.2. The van der Waals surface area contributed by atoms with E-state index in [1.165, 1.54) is 16.2 Å². The van der Waals surface area contributed by atoms with Crippen molar-refractivity contribution < 1.29 is 14.3 Å². The highest BCUT2D eigenvalue weighted by atomic mass is 32.2. The lowest BCUT2D eigenvalue weighted by Crippen LogP contribution is -2.30. The summed E-state index contributed by atoms with van der Waals surface area (Å²) in [5, 5.41) is 0.707. The molecular weight excluding hydrogens is 464 g/mol. The van der Waals surface area contributed by atoms with Crippen LogP contribution in [-0.2, 0) is 11.3 Å². The highest BCUT2D eigenvalue weighted by Gasteiger charge is 2.21. The van der Waals surface area contributed by atoms with Gasteiger partial charge in [-0.15, -0.1) is 11.8 Å². The Morgan fingerprint density at radius 3 is 2.56 bits per heavy atom. The first-order valence-electron chi connectivity index (χ1n) is 11.3. The second kappa shape index (κ2) is 11.9. The summed E-state index contributed by atoms with van der Waals surface area (Å²) in [6.07, 6.45) is 1.25. The highest BCUT2D eigenvalue weighted by Crippen LogP contribution is 2.35. The molecular formula is C27H28N2O3S2. The van der Waals surface area contributed by atoms with Gasteiger partial charge in [0.2, 0.25) is 5.91 Å². The van der Waals surface area contributed by atoms with Crippen LogP contribution in [-0.4, -0.2) is 30.4 Å². The van der Waals surface area contributed by atoms with E-state index in [4.69, 9.17) is 14.5 Å². The number of rotatable bonds is 11. The monoisotopic (exact) mass is 492 g/mol. The van der Waals surface area contributed by atoms with Crippen LogP contribution in [0.15, 0.2) is 77.7 Å². The third-order valence-electron chi connectivity index (χ3n) is 5.25. The Bertz CT molecular complexity index is 1210. The number of carbonyl (C=O) groups excluding carboxylic acids is 1. The van der Waals surface area contributed by atoms with Crippen molar-refractivity contribution in [3.63, 3.8) is 0 Å². The van der Waals surface area contributed by atoms with E-state index in [0.29, 0.717) is 24.7 Å². The number of nitrogens with zero attached hydrogens (tertiary/aromatic N) is 2. The van der Waals surface area contributed by atoms with Crippen molar-refractivity contribution in [1.82, 2.24) is 4.98 Å². The average molecular weight is 493 g/mol. The first-order chi connectivity index (χ1) is 16.7. The zero-order chi connectivity index (χ0) is 23.8. The lowest BCUT2D eigenvalue weighted by molar-refractivity contribution is -0.118. The minimum absolute atomic E-state index is 0.0798. The summed E-state index contributed by atoms with van der Waals surface area (Å²) in [5.74, 6) is 2.55. The fourth-order valence-electron chi connectivity index (χ4n) is 3.55. The Labute approximate surface area is 208 Å². The SMILES string of the molecule is CCOc1cccc2sc(N(Cc3ccccc3)C(=O)CCCSc3ccc(OC)cc3)nc12. The summed E-state index contributed by atoms with van der Waals surface area (Å²) >= 11 is 3.28. The van der Waals surface area contributed by atoms with E-state index >= 15 is 0 Å². The molecule has 0 aliphatic carbocycles. The number of hydrogen-bond acceptors (Lipinski definition) is 6. The topological polar surface area (TPSA) is 51.7 Å². The van der Waals surface area contributed by atoms with Crippen LogP contribution in [0.2, 0.25) is 0 Å². The van der Waals surface area contributed by atoms with E-state index in [1.54, 1.807) is 18.9 Å². The molecule has 0 spiro atoms. The largest absolute Gasteiger partial charge is 0.497 e. The van der Waals surface area contributed by atoms with Gasteiger partial charge in [0, 0.05) is 11.3 Å². The molecule has 3 aromatic carbocycles. The molecule has 0 radical (unpaired) electrons. The van der Waals surface area contributed by atoms with Crippen LogP contribution in [0.3, 0.4) is 0 Å². The highest BCUT2D eigenvalue weighted by molar-refractivity contribution is 7.99. The Morgan fingerprint density at radius 1 is 1.03 bits per heavy atom. The van der Waals surface area contributed by atoms with Gasteiger partial charge in [-0.25, -0.2) is 4.98 Å². The van der Waals surface area contributed by atoms with Crippen molar-refractivity contribution in [3.8, 4) is 11.5 Å². The number of para-hydroxylation sites is 1. The number of methoxy groups -OCH3 is 1. The molecule has 0 aliphatic heterocycles. The number of fused-ring (bicyclic) bond motifs is 1. The van der Waals surface area contributed by atoms with E-state index in [9.17, 15) is 4.79 Å². The average Bonchev–Trinajstić information content (AvgIpc) is 3.31. The van der Waals surface area contributed by atoms with Gasteiger partial charge in [0.15, 0.2) is 5.13 Å². The summed E-state index contributed by atoms with van der Waals surface area (Å²) in [6.45, 7) is 3.03. The maximum absolute atomic E-state index is 13.4. The molecule has 7 heteroatoms. The number of thiazole rings is 1. The van der Waals surface area contributed by atoms with Crippen molar-refractivity contribution in [1.29, 1.82) is 0 Å². The van der Waals surface area contributed by atoms with Crippen molar-refractivity contribution in [2.24, 2.45) is 0 Å². The number of thioether (sulfide) groups is 1. The standard InChI is InChI=1S/C27H28N2O3S2/c1-3-32-23-11-7-12-24-26(23)28-27(34-24)29(19-20-9-5-4-6-10-20)25(30)13-8-18-33-22-16-14-21(31-2)15-17-22/h4-7,9-12,14-17H,3,8,13,18-19H2,1-2H3. The normalized spacial score (nSPS) is 10.9. The predicted octanol–water partition coefficient (Wildman–Crippen LogP) is 6.81. The smallest absolute Gasteiger partial charge is 0.229 e. The molecule has 0 saturated heterocycles. The van der Waals surface area contributed by atoms with Crippen LogP contribution < -0.4 is 14.4 Å². The first-order valence-corrected chi connectivity index (χ1v) is 13.1. The predicted molar refractivity (Wildman–Crippen MR) is 141 cm³/mol. The van der Waals surface area contributed by atoms with Gasteiger partial charge in [-0.3, -0.25) is 9.69 Å². The van der Waals surface area contributed by atoms with E-state index in [-0.39, 0.29) is 5.91 Å². The number of amides is 1. The Morgan fingerprint density at radius 2 is 1.82 bits per heavy atom. The number of benzene rings is 3. The van der Waals surface area contributed by atoms with Crippen LogP contribution in [0.1, 0.15) is 25.3 Å². The van der Waals surface area contributed by atoms with Crippen LogP contribution in [0.5, 0.6) is 11.5 Å². The molecule has 4 rings (SSSR count). The van der Waals surface area contributed by atoms with Crippen LogP contribution in [0.25, 0.3) is 10.2 Å². The van der Waals surface area contributed by atoms with Crippen molar-refractivity contribution in [2.45, 2.75) is 31.2 Å². The maximum Gasteiger partial charge on any atom is 0.229 e. The zero-order valence-electron chi connectivity index (χ0n) is 19.4. The quantitative estimate of drug-likeness (QED) is 0.170. The van der Waals surface area contributed by atoms with Gasteiger partial charge in [0.1, 0.15) is 17.0 Å². The van der Waals surface area contributed by atoms with Crippen LogP contribution >= 0.6 is 23.1 Å². The number of ether oxygens (including phenoxy) is 2. The number of carbonyl (C=O) groups is 1. The molecule has 0 unspecified atom stereocenters. The summed E-state index contributed by atoms with van der Waals surface area (Å²) in [5.41, 5.74) is 1.89. The first kappa shape index (κ1) is 24.1. The van der Waals surface area contributed by atoms with Crippen LogP contribution in [0, 0.1) is 0 Å². The summed E-state index contributed by atoms with van der Waals surface area (Å²) in [7, 11) is 1.66. The molecule has 0 atom stereocenters. The molecule has 0 saturated carbocycles. The summed E-state index contributed by atoms with van der Waals surface area (Å²) in [6, 6.07) is 24.0. The minimum atomic E-state index is 0.0798. The Balaban J connectivity index is 1.47. The van der Waals surface area contributed by atoms with Crippen molar-refractivity contribution in [2.75, 3.05) is 24.4 Å². The van der Waals surface area contributed by atoms with Crippen molar-refractivity contribution in [3.05, 3.63) is 78.4 Å². The van der Waals surface area contributed by atoms with E-state index < -0.39 is 0 Å². The molecule has 0 bridgehead atoms. The zero-order valence-corrected chi connectivity index (χ0v) is 21.0. The van der Waals surface area contributed by atoms with E-state index in [2.05, 4.69) is 0 Å². The Kier molecular flexibility index (Phi) is 8.44. The molecule has 1 amide bonds. The third-order valence-corrected chi connectivity index (χ3v) is 7.39. The minimum Gasteiger partial charge on any atom is -0.497 e. The molecule has 1 aromatic heterocycles. The second-order valence-corrected chi connectivity index (χ2v) is 9.80. The van der Waals surface area contributed by atoms with Gasteiger partial charge in [0.05, 0.1) is 25.0 Å². The molecule has 0 fully saturated rings. The molecule has 1 heterocycles. The van der Waals surface area contributed by atoms with Crippen molar-refractivity contribution >= 4 is 44.4 Å². The lowest BCUT2D eigenvalue weighted by atomic mass is 10.2. The molecule has 34 heavy (non-hydrogen) atoms. The summed E-state index contributed by atoms with van der Waals surface area (Å²) < 4.78 is 12.0. The van der Waals surface area contributed by atoms with Gasteiger partial charge >= 0.3 is 0 Å². The van der Waals surface area contributed by atoms with Gasteiger partial charge in [-0.2, -0.15) is 0 Å². The number of aromatic nitrogens is 1. The fourth-order valence-corrected chi connectivity index (χ4v) is 5.40. The Hall–Kier alpha value is -3.03. The molecule has 4 aromatic rings. The van der Waals surface area contributed by atoms with Gasteiger partial charge < -0.3 is 9.47 Å². The molecule has 0 N–H and O–H groups in total. The fraction of sp³-hybridized carbons (Fsp3) is 0.259. The maximum atomic E-state index is 13.4. The van der Waals surface area contributed by atoms with E-state index in [0.717, 1.165) is 39.5 Å². The van der Waals surface area contributed by atoms with Gasteiger partial charge in [0.25, 0.3) is 0 Å². The third kappa shape index (κ3) is 6.10. The number of hydrogen-bond donors (Lipinski definition) is 0. The molecule has 176 valence electrons. The van der Waals surface area contributed by atoms with Gasteiger partial charge in [-0.1, -0.05) is 47.7 Å². The second-order valence-electron chi connectivity index (χ2n) is 7.63. The molecule has 5 nitrogen and oxygen atoms in total.